The van der Waals surface area contributed by atoms with E-state index in [2.05, 4.69) is 19.9 Å². The first-order valence-electron chi connectivity index (χ1n) is 6.74. The van der Waals surface area contributed by atoms with E-state index in [0.29, 0.717) is 6.42 Å². The van der Waals surface area contributed by atoms with Gasteiger partial charge in [-0.2, -0.15) is 5.26 Å². The zero-order valence-corrected chi connectivity index (χ0v) is 11.3. The number of aryl methyl sites for hydroxylation is 2. The number of hydrogen-bond acceptors (Lipinski definition) is 3. The van der Waals surface area contributed by atoms with Crippen molar-refractivity contribution in [1.82, 2.24) is 0 Å². The van der Waals surface area contributed by atoms with Crippen molar-refractivity contribution in [2.24, 2.45) is 0 Å². The maximum absolute atomic E-state index is 11.5. The van der Waals surface area contributed by atoms with Gasteiger partial charge < -0.3 is 4.42 Å². The average Bonchev–Trinajstić information content (AvgIpc) is 2.34. The number of nitrogens with zero attached hydrogens (tertiary/aromatic N) is 1. The van der Waals surface area contributed by atoms with Crippen LogP contribution in [0, 0.1) is 11.3 Å². The summed E-state index contributed by atoms with van der Waals surface area (Å²) in [7, 11) is 0. The monoisotopic (exact) mass is 247 g/mol. The third-order valence-electron chi connectivity index (χ3n) is 2.95. The van der Waals surface area contributed by atoms with E-state index in [-0.39, 0.29) is 5.63 Å². The Labute approximate surface area is 108 Å². The highest BCUT2D eigenvalue weighted by Gasteiger charge is 2.11. The van der Waals surface area contributed by atoms with Gasteiger partial charge in [-0.1, -0.05) is 20.3 Å². The Morgan fingerprint density at radius 2 is 1.94 bits per heavy atom. The predicted molar refractivity (Wildman–Crippen MR) is 71.5 cm³/mol. The Kier molecular flexibility index (Phi) is 6.21. The van der Waals surface area contributed by atoms with Crippen LogP contribution in [0.1, 0.15) is 56.4 Å². The molecule has 0 aliphatic heterocycles. The van der Waals surface area contributed by atoms with Gasteiger partial charge in [0, 0.05) is 18.9 Å². The Morgan fingerprint density at radius 1 is 1.22 bits per heavy atom. The fourth-order valence-corrected chi connectivity index (χ4v) is 2.18. The molecule has 0 saturated carbocycles. The quantitative estimate of drug-likeness (QED) is 0.694. The zero-order chi connectivity index (χ0) is 13.4. The van der Waals surface area contributed by atoms with Gasteiger partial charge in [0.25, 0.3) is 0 Å². The molecule has 3 nitrogen and oxygen atoms in total. The molecule has 0 aliphatic rings. The summed E-state index contributed by atoms with van der Waals surface area (Å²) in [5.74, 6) is 0.846. The van der Waals surface area contributed by atoms with Crippen molar-refractivity contribution in [3.63, 3.8) is 0 Å². The smallest absolute Gasteiger partial charge is 0.336 e. The number of rotatable bonds is 7. The van der Waals surface area contributed by atoms with E-state index in [9.17, 15) is 4.79 Å². The second-order valence-electron chi connectivity index (χ2n) is 4.50. The summed E-state index contributed by atoms with van der Waals surface area (Å²) in [6, 6.07) is 3.74. The fourth-order valence-electron chi connectivity index (χ4n) is 2.18. The molecule has 0 fully saturated rings. The highest BCUT2D eigenvalue weighted by Crippen LogP contribution is 2.18. The van der Waals surface area contributed by atoms with Crippen molar-refractivity contribution in [1.29, 1.82) is 5.26 Å². The SMILES string of the molecule is CCCc1oc(=O)cc(CCCC#N)c1CCC. The van der Waals surface area contributed by atoms with Crippen LogP contribution in [0.15, 0.2) is 15.3 Å². The standard InChI is InChI=1S/C15H21NO2/c1-3-7-13-12(9-5-6-10-16)11-15(17)18-14(13)8-4-2/h11H,3-9H2,1-2H3. The van der Waals surface area contributed by atoms with E-state index < -0.39 is 0 Å². The van der Waals surface area contributed by atoms with Crippen molar-refractivity contribution in [3.05, 3.63) is 33.4 Å². The summed E-state index contributed by atoms with van der Waals surface area (Å²) in [6.07, 6.45) is 5.91. The van der Waals surface area contributed by atoms with Gasteiger partial charge in [-0.15, -0.1) is 0 Å². The molecule has 0 bridgehead atoms. The van der Waals surface area contributed by atoms with Gasteiger partial charge in [0.2, 0.25) is 0 Å². The highest BCUT2D eigenvalue weighted by atomic mass is 16.4. The topological polar surface area (TPSA) is 54.0 Å². The molecule has 1 aromatic rings. The summed E-state index contributed by atoms with van der Waals surface area (Å²) >= 11 is 0. The Bertz CT molecular complexity index is 468. The van der Waals surface area contributed by atoms with Crippen molar-refractivity contribution in [2.45, 2.75) is 58.8 Å². The lowest BCUT2D eigenvalue weighted by atomic mass is 9.97. The van der Waals surface area contributed by atoms with Crippen LogP contribution in [0.4, 0.5) is 0 Å². The molecule has 98 valence electrons. The van der Waals surface area contributed by atoms with Gasteiger partial charge in [-0.05, 0) is 36.8 Å². The van der Waals surface area contributed by atoms with Crippen LogP contribution < -0.4 is 5.63 Å². The first-order chi connectivity index (χ1) is 8.72. The van der Waals surface area contributed by atoms with Crippen LogP contribution in [0.25, 0.3) is 0 Å². The molecule has 0 spiro atoms. The molecule has 0 atom stereocenters. The first-order valence-corrected chi connectivity index (χ1v) is 6.74. The molecule has 0 aliphatic carbocycles. The Hall–Kier alpha value is -1.56. The van der Waals surface area contributed by atoms with Crippen LogP contribution in [-0.4, -0.2) is 0 Å². The zero-order valence-electron chi connectivity index (χ0n) is 11.3. The number of nitriles is 1. The van der Waals surface area contributed by atoms with E-state index in [1.165, 1.54) is 5.56 Å². The number of unbranched alkanes of at least 4 members (excludes halogenated alkanes) is 1. The molecule has 0 N–H and O–H groups in total. The maximum atomic E-state index is 11.5. The second kappa shape index (κ2) is 7.71. The normalized spacial score (nSPS) is 10.3. The maximum Gasteiger partial charge on any atom is 0.336 e. The van der Waals surface area contributed by atoms with Gasteiger partial charge in [-0.25, -0.2) is 4.79 Å². The summed E-state index contributed by atoms with van der Waals surface area (Å²) in [6.45, 7) is 4.21. The minimum Gasteiger partial charge on any atom is -0.428 e. The average molecular weight is 247 g/mol. The van der Waals surface area contributed by atoms with Crippen LogP contribution in [0.3, 0.4) is 0 Å². The van der Waals surface area contributed by atoms with Crippen LogP contribution in [-0.2, 0) is 19.3 Å². The highest BCUT2D eigenvalue weighted by molar-refractivity contribution is 5.29. The summed E-state index contributed by atoms with van der Waals surface area (Å²) in [4.78, 5) is 11.5. The van der Waals surface area contributed by atoms with Gasteiger partial charge in [0.1, 0.15) is 5.76 Å². The minimum atomic E-state index is -0.259. The molecule has 0 unspecified atom stereocenters. The van der Waals surface area contributed by atoms with Crippen molar-refractivity contribution < 1.29 is 4.42 Å². The summed E-state index contributed by atoms with van der Waals surface area (Å²) in [5.41, 5.74) is 2.01. The molecule has 1 rings (SSSR count). The number of hydrogen-bond donors (Lipinski definition) is 0. The Balaban J connectivity index is 3.04. The molecule has 3 heteroatoms. The molecular weight excluding hydrogens is 226 g/mol. The molecular formula is C15H21NO2. The van der Waals surface area contributed by atoms with E-state index in [1.54, 1.807) is 6.07 Å². The van der Waals surface area contributed by atoms with Gasteiger partial charge >= 0.3 is 5.63 Å². The van der Waals surface area contributed by atoms with Gasteiger partial charge in [0.05, 0.1) is 6.07 Å². The van der Waals surface area contributed by atoms with Crippen molar-refractivity contribution in [2.75, 3.05) is 0 Å². The molecule has 0 saturated heterocycles. The minimum absolute atomic E-state index is 0.259. The third kappa shape index (κ3) is 4.03. The van der Waals surface area contributed by atoms with Gasteiger partial charge in [0.15, 0.2) is 0 Å². The van der Waals surface area contributed by atoms with Gasteiger partial charge in [-0.3, -0.25) is 0 Å². The Morgan fingerprint density at radius 3 is 2.56 bits per heavy atom. The first kappa shape index (κ1) is 14.5. The van der Waals surface area contributed by atoms with Crippen LogP contribution in [0.5, 0.6) is 0 Å². The van der Waals surface area contributed by atoms with E-state index in [0.717, 1.165) is 49.8 Å². The third-order valence-corrected chi connectivity index (χ3v) is 2.95. The second-order valence-corrected chi connectivity index (χ2v) is 4.50. The van der Waals surface area contributed by atoms with E-state index >= 15 is 0 Å². The largest absolute Gasteiger partial charge is 0.428 e. The van der Waals surface area contributed by atoms with Crippen LogP contribution >= 0.6 is 0 Å². The molecule has 1 heterocycles. The molecule has 0 radical (unpaired) electrons. The lowest BCUT2D eigenvalue weighted by Gasteiger charge is -2.11. The van der Waals surface area contributed by atoms with Crippen molar-refractivity contribution in [3.8, 4) is 6.07 Å². The lowest BCUT2D eigenvalue weighted by molar-refractivity contribution is 0.445. The van der Waals surface area contributed by atoms with E-state index in [4.69, 9.17) is 9.68 Å². The molecule has 0 amide bonds. The molecule has 18 heavy (non-hydrogen) atoms. The predicted octanol–water partition coefficient (Wildman–Crippen LogP) is 3.39. The molecule has 0 aromatic carbocycles. The fraction of sp³-hybridized carbons (Fsp3) is 0.600. The lowest BCUT2D eigenvalue weighted by Crippen LogP contribution is -2.09. The van der Waals surface area contributed by atoms with Crippen LogP contribution in [0.2, 0.25) is 0 Å². The van der Waals surface area contributed by atoms with Crippen molar-refractivity contribution >= 4 is 0 Å². The van der Waals surface area contributed by atoms with E-state index in [1.807, 2.05) is 0 Å². The summed E-state index contributed by atoms with van der Waals surface area (Å²) < 4.78 is 5.33. The molecule has 1 aromatic heterocycles. The summed E-state index contributed by atoms with van der Waals surface area (Å²) in [5, 5.41) is 8.58.